The third kappa shape index (κ3) is 2.04. The molecule has 76 valence electrons. The quantitative estimate of drug-likeness (QED) is 0.759. The number of nitrogens with one attached hydrogen (secondary N) is 1. The fraction of sp³-hybridized carbons (Fsp3) is 0.545. The molecule has 0 spiro atoms. The van der Waals surface area contributed by atoms with E-state index in [2.05, 4.69) is 18.3 Å². The molecule has 1 fully saturated rings. The summed E-state index contributed by atoms with van der Waals surface area (Å²) in [6, 6.07) is 5.06. The Kier molecular flexibility index (Phi) is 2.99. The number of piperidine rings is 1. The van der Waals surface area contributed by atoms with Gasteiger partial charge < -0.3 is 5.32 Å². The van der Waals surface area contributed by atoms with E-state index in [1.807, 2.05) is 6.07 Å². The Morgan fingerprint density at radius 3 is 3.00 bits per heavy atom. The van der Waals surface area contributed by atoms with Gasteiger partial charge in [0.1, 0.15) is 0 Å². The Hall–Kier alpha value is -0.670. The number of thiophene rings is 1. The highest BCUT2D eigenvalue weighted by Gasteiger charge is 2.20. The number of carbonyl (C=O) groups excluding carboxylic acids is 1. The lowest BCUT2D eigenvalue weighted by molar-refractivity contribution is 0.112. The minimum absolute atomic E-state index is 0.470. The largest absolute Gasteiger partial charge is 0.307 e. The van der Waals surface area contributed by atoms with E-state index < -0.39 is 0 Å². The summed E-state index contributed by atoms with van der Waals surface area (Å²) in [5.41, 5.74) is 0. The van der Waals surface area contributed by atoms with Gasteiger partial charge in [0, 0.05) is 17.0 Å². The second kappa shape index (κ2) is 4.24. The van der Waals surface area contributed by atoms with Gasteiger partial charge in [0.15, 0.2) is 6.29 Å². The van der Waals surface area contributed by atoms with Crippen LogP contribution in [0.2, 0.25) is 0 Å². The molecule has 14 heavy (non-hydrogen) atoms. The smallest absolute Gasteiger partial charge is 0.160 e. The molecule has 1 aliphatic heterocycles. The first kappa shape index (κ1) is 9.87. The van der Waals surface area contributed by atoms with Crippen molar-refractivity contribution < 1.29 is 4.79 Å². The molecule has 2 atom stereocenters. The minimum atomic E-state index is 0.470. The molecule has 0 saturated carbocycles. The number of rotatable bonds is 2. The Morgan fingerprint density at radius 2 is 2.36 bits per heavy atom. The van der Waals surface area contributed by atoms with Crippen LogP contribution in [0.25, 0.3) is 0 Å². The molecule has 2 nitrogen and oxygen atoms in total. The number of aldehydes is 1. The van der Waals surface area contributed by atoms with Gasteiger partial charge in [-0.25, -0.2) is 0 Å². The van der Waals surface area contributed by atoms with E-state index in [1.54, 1.807) is 11.3 Å². The third-order valence-corrected chi connectivity index (χ3v) is 3.85. The zero-order valence-corrected chi connectivity index (χ0v) is 9.14. The lowest BCUT2D eigenvalue weighted by Crippen LogP contribution is -2.34. The summed E-state index contributed by atoms with van der Waals surface area (Å²) in [7, 11) is 0. The topological polar surface area (TPSA) is 29.1 Å². The van der Waals surface area contributed by atoms with Gasteiger partial charge in [0.25, 0.3) is 0 Å². The zero-order valence-electron chi connectivity index (χ0n) is 8.32. The van der Waals surface area contributed by atoms with E-state index in [9.17, 15) is 4.79 Å². The van der Waals surface area contributed by atoms with Gasteiger partial charge in [-0.15, -0.1) is 11.3 Å². The fourth-order valence-electron chi connectivity index (χ4n) is 1.98. The van der Waals surface area contributed by atoms with Gasteiger partial charge in [0.05, 0.1) is 4.88 Å². The number of hydrogen-bond donors (Lipinski definition) is 1. The molecule has 1 aromatic heterocycles. The monoisotopic (exact) mass is 209 g/mol. The molecule has 1 aromatic rings. The van der Waals surface area contributed by atoms with Crippen LogP contribution in [0, 0.1) is 0 Å². The summed E-state index contributed by atoms with van der Waals surface area (Å²) in [4.78, 5) is 12.7. The molecule has 1 saturated heterocycles. The first-order valence-electron chi connectivity index (χ1n) is 5.10. The molecule has 0 aromatic carbocycles. The average Bonchev–Trinajstić information content (AvgIpc) is 2.66. The molecule has 2 heterocycles. The van der Waals surface area contributed by atoms with Crippen molar-refractivity contribution >= 4 is 17.6 Å². The van der Waals surface area contributed by atoms with Crippen LogP contribution in [0.4, 0.5) is 0 Å². The van der Waals surface area contributed by atoms with Crippen LogP contribution in [0.5, 0.6) is 0 Å². The third-order valence-electron chi connectivity index (χ3n) is 2.72. The summed E-state index contributed by atoms with van der Waals surface area (Å²) < 4.78 is 0. The van der Waals surface area contributed by atoms with Crippen LogP contribution in [-0.2, 0) is 0 Å². The molecule has 2 rings (SSSR count). The molecular weight excluding hydrogens is 194 g/mol. The number of carbonyl (C=O) groups is 1. The van der Waals surface area contributed by atoms with E-state index in [0.29, 0.717) is 12.1 Å². The molecule has 2 unspecified atom stereocenters. The Balaban J connectivity index is 2.09. The van der Waals surface area contributed by atoms with Gasteiger partial charge >= 0.3 is 0 Å². The van der Waals surface area contributed by atoms with Crippen LogP contribution in [0.15, 0.2) is 12.1 Å². The van der Waals surface area contributed by atoms with Crippen LogP contribution in [0.3, 0.4) is 0 Å². The van der Waals surface area contributed by atoms with Crippen LogP contribution < -0.4 is 5.32 Å². The van der Waals surface area contributed by atoms with Crippen LogP contribution >= 0.6 is 11.3 Å². The van der Waals surface area contributed by atoms with Crippen molar-refractivity contribution in [1.29, 1.82) is 0 Å². The molecule has 0 aliphatic carbocycles. The first-order chi connectivity index (χ1) is 6.79. The summed E-state index contributed by atoms with van der Waals surface area (Å²) in [5.74, 6) is 0. The molecule has 0 radical (unpaired) electrons. The molecular formula is C11H15NOS. The second-order valence-corrected chi connectivity index (χ2v) is 5.06. The standard InChI is InChI=1S/C11H15NOS/c1-8-3-2-4-10(12-8)11-6-5-9(7-13)14-11/h5-8,10,12H,2-4H2,1H3. The van der Waals surface area contributed by atoms with Crippen molar-refractivity contribution in [2.45, 2.75) is 38.3 Å². The predicted molar refractivity (Wildman–Crippen MR) is 58.9 cm³/mol. The Bertz CT molecular complexity index is 321. The van der Waals surface area contributed by atoms with E-state index in [0.717, 1.165) is 11.2 Å². The number of hydrogen-bond acceptors (Lipinski definition) is 3. The molecule has 1 N–H and O–H groups in total. The van der Waals surface area contributed by atoms with Crippen molar-refractivity contribution in [3.8, 4) is 0 Å². The van der Waals surface area contributed by atoms with Gasteiger partial charge in [-0.2, -0.15) is 0 Å². The van der Waals surface area contributed by atoms with Crippen LogP contribution in [0.1, 0.15) is 46.8 Å². The SMILES string of the molecule is CC1CCCC(c2ccc(C=O)s2)N1. The van der Waals surface area contributed by atoms with E-state index in [1.165, 1.54) is 24.1 Å². The van der Waals surface area contributed by atoms with Crippen molar-refractivity contribution in [2.24, 2.45) is 0 Å². The zero-order chi connectivity index (χ0) is 9.97. The summed E-state index contributed by atoms with van der Waals surface area (Å²) in [6.07, 6.45) is 4.68. The summed E-state index contributed by atoms with van der Waals surface area (Å²) in [5, 5.41) is 3.56. The minimum Gasteiger partial charge on any atom is -0.307 e. The van der Waals surface area contributed by atoms with Gasteiger partial charge in [-0.3, -0.25) is 4.79 Å². The predicted octanol–water partition coefficient (Wildman–Crippen LogP) is 2.76. The molecule has 0 bridgehead atoms. The lowest BCUT2D eigenvalue weighted by atomic mass is 9.99. The van der Waals surface area contributed by atoms with Crippen molar-refractivity contribution in [3.05, 3.63) is 21.9 Å². The van der Waals surface area contributed by atoms with Crippen molar-refractivity contribution in [2.75, 3.05) is 0 Å². The normalized spacial score (nSPS) is 27.5. The summed E-state index contributed by atoms with van der Waals surface area (Å²) in [6.45, 7) is 2.22. The van der Waals surface area contributed by atoms with Gasteiger partial charge in [-0.05, 0) is 38.3 Å². The van der Waals surface area contributed by atoms with Crippen LogP contribution in [-0.4, -0.2) is 12.3 Å². The van der Waals surface area contributed by atoms with E-state index in [4.69, 9.17) is 0 Å². The highest BCUT2D eigenvalue weighted by Crippen LogP contribution is 2.29. The average molecular weight is 209 g/mol. The van der Waals surface area contributed by atoms with E-state index >= 15 is 0 Å². The highest BCUT2D eigenvalue weighted by molar-refractivity contribution is 7.13. The fourth-order valence-corrected chi connectivity index (χ4v) is 2.90. The summed E-state index contributed by atoms with van der Waals surface area (Å²) >= 11 is 1.61. The van der Waals surface area contributed by atoms with Gasteiger partial charge in [-0.1, -0.05) is 0 Å². The maximum atomic E-state index is 10.6. The Labute approximate surface area is 88.3 Å². The van der Waals surface area contributed by atoms with Gasteiger partial charge in [0.2, 0.25) is 0 Å². The second-order valence-electron chi connectivity index (χ2n) is 3.91. The van der Waals surface area contributed by atoms with Crippen molar-refractivity contribution in [3.63, 3.8) is 0 Å². The van der Waals surface area contributed by atoms with Crippen molar-refractivity contribution in [1.82, 2.24) is 5.32 Å². The molecule has 0 amide bonds. The van der Waals surface area contributed by atoms with E-state index in [-0.39, 0.29) is 0 Å². The highest BCUT2D eigenvalue weighted by atomic mass is 32.1. The lowest BCUT2D eigenvalue weighted by Gasteiger charge is -2.27. The maximum Gasteiger partial charge on any atom is 0.160 e. The molecule has 1 aliphatic rings. The maximum absolute atomic E-state index is 10.6. The first-order valence-corrected chi connectivity index (χ1v) is 5.92. The molecule has 3 heteroatoms. The Morgan fingerprint density at radius 1 is 1.50 bits per heavy atom.